The zero-order valence-electron chi connectivity index (χ0n) is 8.34. The van der Waals surface area contributed by atoms with Crippen molar-refractivity contribution in [2.24, 2.45) is 0 Å². The van der Waals surface area contributed by atoms with Crippen LogP contribution in [0.5, 0.6) is 0 Å². The molecule has 14 heavy (non-hydrogen) atoms. The Kier molecular flexibility index (Phi) is 3.47. The lowest BCUT2D eigenvalue weighted by molar-refractivity contribution is 0.597. The van der Waals surface area contributed by atoms with Gasteiger partial charge in [-0.1, -0.05) is 42.5 Å². The van der Waals surface area contributed by atoms with E-state index >= 15 is 0 Å². The van der Waals surface area contributed by atoms with E-state index in [9.17, 15) is 8.42 Å². The van der Waals surface area contributed by atoms with Crippen LogP contribution in [-0.2, 0) is 9.84 Å². The first kappa shape index (κ1) is 11.0. The van der Waals surface area contributed by atoms with Crippen LogP contribution in [0, 0.1) is 0 Å². The predicted octanol–water partition coefficient (Wildman–Crippen LogP) is 2.13. The third-order valence-corrected chi connectivity index (χ3v) is 3.54. The average Bonchev–Trinajstić information content (AvgIpc) is 2.14. The lowest BCUT2D eigenvalue weighted by Crippen LogP contribution is -2.12. The first-order valence-corrected chi connectivity index (χ1v) is 6.38. The van der Waals surface area contributed by atoms with Crippen LogP contribution >= 0.6 is 0 Å². The van der Waals surface area contributed by atoms with Crippen molar-refractivity contribution in [1.29, 1.82) is 0 Å². The van der Waals surface area contributed by atoms with E-state index in [0.717, 1.165) is 5.56 Å². The minimum Gasteiger partial charge on any atom is -0.229 e. The van der Waals surface area contributed by atoms with E-state index in [4.69, 9.17) is 0 Å². The predicted molar refractivity (Wildman–Crippen MR) is 59.8 cm³/mol. The van der Waals surface area contributed by atoms with Gasteiger partial charge in [-0.2, -0.15) is 0 Å². The van der Waals surface area contributed by atoms with Gasteiger partial charge in [-0.3, -0.25) is 0 Å². The Bertz CT molecular complexity index is 404. The van der Waals surface area contributed by atoms with Gasteiger partial charge in [-0.05, 0) is 12.5 Å². The molecule has 1 rings (SSSR count). The molecule has 1 unspecified atom stereocenters. The standard InChI is InChI=1S/C11H14O2S/c1-10(14(2,12)13)8-9-11-6-4-3-5-7-11/h3-10H,1-2H3/b9-8+. The van der Waals surface area contributed by atoms with Crippen LogP contribution in [0.3, 0.4) is 0 Å². The lowest BCUT2D eigenvalue weighted by Gasteiger charge is -2.01. The van der Waals surface area contributed by atoms with Gasteiger partial charge in [0.15, 0.2) is 9.84 Å². The van der Waals surface area contributed by atoms with E-state index in [1.807, 2.05) is 36.4 Å². The Balaban J connectivity index is 2.75. The van der Waals surface area contributed by atoms with Gasteiger partial charge in [0.1, 0.15) is 0 Å². The molecule has 0 aromatic heterocycles. The molecule has 2 nitrogen and oxygen atoms in total. The summed E-state index contributed by atoms with van der Waals surface area (Å²) >= 11 is 0. The molecule has 0 N–H and O–H groups in total. The minimum absolute atomic E-state index is 0.428. The fraction of sp³-hybridized carbons (Fsp3) is 0.273. The third kappa shape index (κ3) is 3.34. The quantitative estimate of drug-likeness (QED) is 0.766. The average molecular weight is 210 g/mol. The van der Waals surface area contributed by atoms with Gasteiger partial charge in [0.05, 0.1) is 5.25 Å². The minimum atomic E-state index is -2.96. The first-order chi connectivity index (χ1) is 6.50. The van der Waals surface area contributed by atoms with Crippen molar-refractivity contribution in [3.8, 4) is 0 Å². The van der Waals surface area contributed by atoms with Crippen LogP contribution in [0.2, 0.25) is 0 Å². The highest BCUT2D eigenvalue weighted by Crippen LogP contribution is 2.05. The van der Waals surface area contributed by atoms with E-state index in [-0.39, 0.29) is 0 Å². The second-order valence-corrected chi connectivity index (χ2v) is 5.71. The molecule has 3 heteroatoms. The summed E-state index contributed by atoms with van der Waals surface area (Å²) in [5, 5.41) is -0.428. The van der Waals surface area contributed by atoms with Gasteiger partial charge in [0, 0.05) is 6.26 Å². The molecule has 0 radical (unpaired) electrons. The van der Waals surface area contributed by atoms with Crippen molar-refractivity contribution in [2.45, 2.75) is 12.2 Å². The van der Waals surface area contributed by atoms with Gasteiger partial charge in [-0.25, -0.2) is 8.42 Å². The summed E-state index contributed by atoms with van der Waals surface area (Å²) in [6.45, 7) is 1.68. The maximum Gasteiger partial charge on any atom is 0.153 e. The van der Waals surface area contributed by atoms with Crippen LogP contribution in [0.25, 0.3) is 6.08 Å². The number of hydrogen-bond donors (Lipinski definition) is 0. The summed E-state index contributed by atoms with van der Waals surface area (Å²) in [5.41, 5.74) is 1.02. The van der Waals surface area contributed by atoms with E-state index in [1.54, 1.807) is 13.0 Å². The van der Waals surface area contributed by atoms with Crippen molar-refractivity contribution >= 4 is 15.9 Å². The van der Waals surface area contributed by atoms with Crippen LogP contribution in [0.15, 0.2) is 36.4 Å². The molecular formula is C11H14O2S. The number of benzene rings is 1. The third-order valence-electron chi connectivity index (χ3n) is 2.03. The highest BCUT2D eigenvalue weighted by Gasteiger charge is 2.09. The molecule has 1 aromatic carbocycles. The largest absolute Gasteiger partial charge is 0.229 e. The second kappa shape index (κ2) is 4.42. The van der Waals surface area contributed by atoms with Crippen molar-refractivity contribution in [3.63, 3.8) is 0 Å². The van der Waals surface area contributed by atoms with Gasteiger partial charge >= 0.3 is 0 Å². The Labute approximate surface area is 85.2 Å². The Morgan fingerprint density at radius 2 is 1.79 bits per heavy atom. The molecule has 0 bridgehead atoms. The second-order valence-electron chi connectivity index (χ2n) is 3.30. The van der Waals surface area contributed by atoms with Gasteiger partial charge < -0.3 is 0 Å². The van der Waals surface area contributed by atoms with Gasteiger partial charge in [-0.15, -0.1) is 0 Å². The molecule has 0 saturated heterocycles. The highest BCUT2D eigenvalue weighted by atomic mass is 32.2. The number of hydrogen-bond acceptors (Lipinski definition) is 2. The van der Waals surface area contributed by atoms with Crippen molar-refractivity contribution in [1.82, 2.24) is 0 Å². The zero-order valence-corrected chi connectivity index (χ0v) is 9.16. The molecule has 1 atom stereocenters. The topological polar surface area (TPSA) is 34.1 Å². The molecule has 0 fully saturated rings. The summed E-state index contributed by atoms with van der Waals surface area (Å²) in [6, 6.07) is 9.64. The van der Waals surface area contributed by atoms with E-state index in [1.165, 1.54) is 6.26 Å². The Morgan fingerprint density at radius 1 is 1.21 bits per heavy atom. The summed E-state index contributed by atoms with van der Waals surface area (Å²) in [6.07, 6.45) is 4.77. The van der Waals surface area contributed by atoms with E-state index < -0.39 is 15.1 Å². The number of sulfone groups is 1. The van der Waals surface area contributed by atoms with Crippen molar-refractivity contribution in [2.75, 3.05) is 6.26 Å². The van der Waals surface area contributed by atoms with Crippen LogP contribution < -0.4 is 0 Å². The molecule has 0 aliphatic heterocycles. The maximum absolute atomic E-state index is 11.1. The summed E-state index contributed by atoms with van der Waals surface area (Å²) < 4.78 is 22.2. The fourth-order valence-electron chi connectivity index (χ4n) is 0.953. The van der Waals surface area contributed by atoms with Crippen molar-refractivity contribution in [3.05, 3.63) is 42.0 Å². The molecule has 0 aliphatic rings. The van der Waals surface area contributed by atoms with Crippen LogP contribution in [0.1, 0.15) is 12.5 Å². The van der Waals surface area contributed by atoms with Gasteiger partial charge in [0.25, 0.3) is 0 Å². The Hall–Kier alpha value is -1.09. The molecular weight excluding hydrogens is 196 g/mol. The van der Waals surface area contributed by atoms with E-state index in [2.05, 4.69) is 0 Å². The maximum atomic E-state index is 11.1. The fourth-order valence-corrected chi connectivity index (χ4v) is 1.32. The molecule has 0 saturated carbocycles. The number of rotatable bonds is 3. The Morgan fingerprint density at radius 3 is 2.29 bits per heavy atom. The van der Waals surface area contributed by atoms with Crippen molar-refractivity contribution < 1.29 is 8.42 Å². The zero-order chi connectivity index (χ0) is 10.6. The summed E-state index contributed by atoms with van der Waals surface area (Å²) in [7, 11) is -2.96. The monoisotopic (exact) mass is 210 g/mol. The molecule has 76 valence electrons. The molecule has 1 aromatic rings. The van der Waals surface area contributed by atoms with Gasteiger partial charge in [0.2, 0.25) is 0 Å². The highest BCUT2D eigenvalue weighted by molar-refractivity contribution is 7.91. The van der Waals surface area contributed by atoms with Crippen LogP contribution in [-0.4, -0.2) is 19.9 Å². The molecule has 0 spiro atoms. The molecule has 0 aliphatic carbocycles. The summed E-state index contributed by atoms with van der Waals surface area (Å²) in [5.74, 6) is 0. The normalized spacial score (nSPS) is 14.4. The van der Waals surface area contributed by atoms with E-state index in [0.29, 0.717) is 0 Å². The SMILES string of the molecule is CC(/C=C/c1ccccc1)S(C)(=O)=O. The lowest BCUT2D eigenvalue weighted by atomic mass is 10.2. The van der Waals surface area contributed by atoms with Crippen LogP contribution in [0.4, 0.5) is 0 Å². The summed E-state index contributed by atoms with van der Waals surface area (Å²) in [4.78, 5) is 0. The molecule has 0 heterocycles. The first-order valence-electron chi connectivity index (χ1n) is 4.42. The smallest absolute Gasteiger partial charge is 0.153 e. The molecule has 0 amide bonds.